The van der Waals surface area contributed by atoms with E-state index in [4.69, 9.17) is 4.74 Å². The Morgan fingerprint density at radius 1 is 1.33 bits per heavy atom. The Labute approximate surface area is 129 Å². The molecule has 0 amide bonds. The molecule has 0 unspecified atom stereocenters. The van der Waals surface area contributed by atoms with Crippen molar-refractivity contribution in [1.29, 1.82) is 0 Å². The molecule has 21 heavy (non-hydrogen) atoms. The fourth-order valence-corrected chi connectivity index (χ4v) is 2.65. The number of nitrogens with one attached hydrogen (secondary N) is 1. The van der Waals surface area contributed by atoms with Gasteiger partial charge in [0.2, 0.25) is 0 Å². The average Bonchev–Trinajstić information content (AvgIpc) is 2.81. The first-order chi connectivity index (χ1) is 10.0. The molecule has 1 aromatic carbocycles. The molecule has 2 aromatic rings. The SMILES string of the molecule is Cc1ncc(COc2cc(F)cc(CNCC(C)C)c2)s1. The lowest BCUT2D eigenvalue weighted by Gasteiger charge is -2.10. The monoisotopic (exact) mass is 308 g/mol. The van der Waals surface area contributed by atoms with Gasteiger partial charge in [-0.25, -0.2) is 9.37 Å². The summed E-state index contributed by atoms with van der Waals surface area (Å²) >= 11 is 1.59. The first-order valence-electron chi connectivity index (χ1n) is 7.07. The summed E-state index contributed by atoms with van der Waals surface area (Å²) in [5.41, 5.74) is 0.895. The van der Waals surface area contributed by atoms with E-state index in [-0.39, 0.29) is 5.82 Å². The zero-order valence-electron chi connectivity index (χ0n) is 12.6. The Bertz CT molecular complexity index is 583. The Morgan fingerprint density at radius 2 is 2.14 bits per heavy atom. The summed E-state index contributed by atoms with van der Waals surface area (Å²) in [6.07, 6.45) is 1.80. The van der Waals surface area contributed by atoms with Crippen LogP contribution in [0.5, 0.6) is 5.75 Å². The van der Waals surface area contributed by atoms with Gasteiger partial charge in [0, 0.05) is 18.8 Å². The average molecular weight is 308 g/mol. The summed E-state index contributed by atoms with van der Waals surface area (Å²) in [7, 11) is 0. The van der Waals surface area contributed by atoms with Gasteiger partial charge >= 0.3 is 0 Å². The second-order valence-corrected chi connectivity index (χ2v) is 6.77. The first-order valence-corrected chi connectivity index (χ1v) is 7.89. The molecule has 0 aliphatic carbocycles. The van der Waals surface area contributed by atoms with Gasteiger partial charge in [-0.3, -0.25) is 0 Å². The van der Waals surface area contributed by atoms with Crippen LogP contribution < -0.4 is 10.1 Å². The minimum absolute atomic E-state index is 0.269. The highest BCUT2D eigenvalue weighted by atomic mass is 32.1. The van der Waals surface area contributed by atoms with E-state index in [1.165, 1.54) is 12.1 Å². The van der Waals surface area contributed by atoms with E-state index in [9.17, 15) is 4.39 Å². The van der Waals surface area contributed by atoms with Crippen LogP contribution in [0.15, 0.2) is 24.4 Å². The molecular weight excluding hydrogens is 287 g/mol. The van der Waals surface area contributed by atoms with Crippen molar-refractivity contribution in [3.05, 3.63) is 45.7 Å². The molecule has 0 spiro atoms. The van der Waals surface area contributed by atoms with Crippen molar-refractivity contribution in [2.24, 2.45) is 5.92 Å². The van der Waals surface area contributed by atoms with E-state index in [0.717, 1.165) is 22.0 Å². The second kappa shape index (κ2) is 7.52. The van der Waals surface area contributed by atoms with E-state index < -0.39 is 0 Å². The van der Waals surface area contributed by atoms with Crippen LogP contribution >= 0.6 is 11.3 Å². The number of nitrogens with zero attached hydrogens (tertiary/aromatic N) is 1. The van der Waals surface area contributed by atoms with E-state index >= 15 is 0 Å². The molecule has 114 valence electrons. The third kappa shape index (κ3) is 5.44. The van der Waals surface area contributed by atoms with Gasteiger partial charge in [0.15, 0.2) is 0 Å². The molecular formula is C16H21FN2OS. The summed E-state index contributed by atoms with van der Waals surface area (Å²) in [5, 5.41) is 4.31. The molecule has 1 N–H and O–H groups in total. The lowest BCUT2D eigenvalue weighted by molar-refractivity contribution is 0.307. The third-order valence-corrected chi connectivity index (χ3v) is 3.75. The largest absolute Gasteiger partial charge is 0.488 e. The topological polar surface area (TPSA) is 34.1 Å². The van der Waals surface area contributed by atoms with Crippen molar-refractivity contribution in [3.8, 4) is 5.75 Å². The summed E-state index contributed by atoms with van der Waals surface area (Å²) in [4.78, 5) is 5.21. The van der Waals surface area contributed by atoms with Crippen LogP contribution in [0, 0.1) is 18.7 Å². The fraction of sp³-hybridized carbons (Fsp3) is 0.438. The molecule has 0 aliphatic rings. The Morgan fingerprint density at radius 3 is 2.81 bits per heavy atom. The van der Waals surface area contributed by atoms with Gasteiger partial charge in [0.25, 0.3) is 0 Å². The van der Waals surface area contributed by atoms with E-state index in [0.29, 0.717) is 24.8 Å². The number of hydrogen-bond acceptors (Lipinski definition) is 4. The highest BCUT2D eigenvalue weighted by Crippen LogP contribution is 2.19. The highest BCUT2D eigenvalue weighted by molar-refractivity contribution is 7.11. The molecule has 1 heterocycles. The number of rotatable bonds is 7. The van der Waals surface area contributed by atoms with Crippen molar-refractivity contribution in [2.75, 3.05) is 6.54 Å². The molecule has 0 fully saturated rings. The molecule has 0 saturated carbocycles. The number of aromatic nitrogens is 1. The number of aryl methyl sites for hydroxylation is 1. The minimum atomic E-state index is -0.269. The Kier molecular flexibility index (Phi) is 5.70. The van der Waals surface area contributed by atoms with Crippen molar-refractivity contribution in [3.63, 3.8) is 0 Å². The third-order valence-electron chi connectivity index (χ3n) is 2.86. The number of benzene rings is 1. The molecule has 0 atom stereocenters. The van der Waals surface area contributed by atoms with Gasteiger partial charge in [0.05, 0.1) is 9.88 Å². The van der Waals surface area contributed by atoms with Crippen molar-refractivity contribution in [1.82, 2.24) is 10.3 Å². The van der Waals surface area contributed by atoms with Gasteiger partial charge in [0.1, 0.15) is 18.2 Å². The summed E-state index contributed by atoms with van der Waals surface area (Å²) in [6.45, 7) is 8.22. The molecule has 0 aliphatic heterocycles. The van der Waals surface area contributed by atoms with Crippen LogP contribution in [0.25, 0.3) is 0 Å². The molecule has 5 heteroatoms. The smallest absolute Gasteiger partial charge is 0.127 e. The minimum Gasteiger partial charge on any atom is -0.488 e. The van der Waals surface area contributed by atoms with Crippen LogP contribution in [0.4, 0.5) is 4.39 Å². The van der Waals surface area contributed by atoms with E-state index in [2.05, 4.69) is 24.1 Å². The van der Waals surface area contributed by atoms with Gasteiger partial charge in [-0.2, -0.15) is 0 Å². The fourth-order valence-electron chi connectivity index (χ4n) is 1.94. The van der Waals surface area contributed by atoms with Crippen LogP contribution in [0.3, 0.4) is 0 Å². The van der Waals surface area contributed by atoms with Crippen molar-refractivity contribution < 1.29 is 9.13 Å². The zero-order chi connectivity index (χ0) is 15.2. The number of halogens is 1. The first kappa shape index (κ1) is 15.9. The summed E-state index contributed by atoms with van der Waals surface area (Å²) in [6, 6.07) is 4.83. The van der Waals surface area contributed by atoms with Crippen LogP contribution in [0.2, 0.25) is 0 Å². The maximum Gasteiger partial charge on any atom is 0.127 e. The lowest BCUT2D eigenvalue weighted by Crippen LogP contribution is -2.19. The summed E-state index contributed by atoms with van der Waals surface area (Å²) < 4.78 is 19.3. The molecule has 0 radical (unpaired) electrons. The molecule has 0 bridgehead atoms. The molecule has 2 rings (SSSR count). The molecule has 1 aromatic heterocycles. The Balaban J connectivity index is 1.94. The zero-order valence-corrected chi connectivity index (χ0v) is 13.5. The predicted octanol–water partition coefficient (Wildman–Crippen LogP) is 3.92. The quantitative estimate of drug-likeness (QED) is 0.842. The summed E-state index contributed by atoms with van der Waals surface area (Å²) in [5.74, 6) is 0.862. The van der Waals surface area contributed by atoms with E-state index in [1.807, 2.05) is 13.0 Å². The maximum absolute atomic E-state index is 13.6. The molecule has 0 saturated heterocycles. The molecule has 3 nitrogen and oxygen atoms in total. The predicted molar refractivity (Wildman–Crippen MR) is 84.1 cm³/mol. The van der Waals surface area contributed by atoms with Gasteiger partial charge < -0.3 is 10.1 Å². The van der Waals surface area contributed by atoms with Gasteiger partial charge in [-0.1, -0.05) is 13.8 Å². The maximum atomic E-state index is 13.6. The number of hydrogen-bond donors (Lipinski definition) is 1. The van der Waals surface area contributed by atoms with Gasteiger partial charge in [-0.05, 0) is 37.1 Å². The standard InChI is InChI=1S/C16H21FN2OS/c1-11(2)7-18-8-13-4-14(17)6-15(5-13)20-10-16-9-19-12(3)21-16/h4-6,9,11,18H,7-8,10H2,1-3H3. The number of thiazole rings is 1. The van der Waals surface area contributed by atoms with Crippen molar-refractivity contribution in [2.45, 2.75) is 33.9 Å². The highest BCUT2D eigenvalue weighted by Gasteiger charge is 2.04. The van der Waals surface area contributed by atoms with Gasteiger partial charge in [-0.15, -0.1) is 11.3 Å². The second-order valence-electron chi connectivity index (χ2n) is 5.45. The van der Waals surface area contributed by atoms with Crippen molar-refractivity contribution >= 4 is 11.3 Å². The van der Waals surface area contributed by atoms with Crippen LogP contribution in [-0.2, 0) is 13.2 Å². The van der Waals surface area contributed by atoms with E-state index in [1.54, 1.807) is 17.5 Å². The van der Waals surface area contributed by atoms with Crippen LogP contribution in [-0.4, -0.2) is 11.5 Å². The number of ether oxygens (including phenoxy) is 1. The van der Waals surface area contributed by atoms with Crippen LogP contribution in [0.1, 0.15) is 29.3 Å². The lowest BCUT2D eigenvalue weighted by atomic mass is 10.2. The normalized spacial score (nSPS) is 11.1. The Hall–Kier alpha value is -1.46.